The van der Waals surface area contributed by atoms with Crippen molar-refractivity contribution < 1.29 is 38.5 Å². The van der Waals surface area contributed by atoms with Crippen LogP contribution in [-0.4, -0.2) is 34.8 Å². The number of hydrogen-bond donors (Lipinski definition) is 3. The van der Waals surface area contributed by atoms with E-state index in [9.17, 15) is 29.0 Å². The van der Waals surface area contributed by atoms with Crippen LogP contribution in [0.15, 0.2) is 53.5 Å². The third-order valence-electron chi connectivity index (χ3n) is 5.78. The number of carbonyl (C=O) groups is 3. The number of phenols is 1. The minimum Gasteiger partial charge on any atom is -0.507 e. The second-order valence-corrected chi connectivity index (χ2v) is 7.87. The van der Waals surface area contributed by atoms with E-state index in [0.717, 1.165) is 13.0 Å². The fourth-order valence-corrected chi connectivity index (χ4v) is 4.14. The topological polar surface area (TPSA) is 122 Å². The molecule has 8 nitrogen and oxygen atoms in total. The Morgan fingerprint density at radius 1 is 1.24 bits per heavy atom. The van der Waals surface area contributed by atoms with E-state index >= 15 is 0 Å². The number of amides is 1. The molecule has 1 heterocycles. The van der Waals surface area contributed by atoms with Gasteiger partial charge < -0.3 is 25.0 Å². The molecule has 1 amide bonds. The first kappa shape index (κ1) is 22.1. The van der Waals surface area contributed by atoms with E-state index in [1.807, 2.05) is 0 Å². The summed E-state index contributed by atoms with van der Waals surface area (Å²) in [5.41, 5.74) is -1.68. The Morgan fingerprint density at radius 2 is 1.97 bits per heavy atom. The van der Waals surface area contributed by atoms with Crippen LogP contribution in [0.1, 0.15) is 35.3 Å². The molecule has 33 heavy (non-hydrogen) atoms. The molecular formula is C24H20FNO7. The number of phenolic OH excluding ortho intramolecular Hbond substituents is 1. The first-order chi connectivity index (χ1) is 15.6. The van der Waals surface area contributed by atoms with E-state index in [4.69, 9.17) is 9.47 Å². The van der Waals surface area contributed by atoms with Crippen molar-refractivity contribution in [2.75, 3.05) is 7.11 Å². The predicted molar refractivity (Wildman–Crippen MR) is 114 cm³/mol. The molecule has 0 aromatic heterocycles. The number of fused-ring (bicyclic) bond motifs is 3. The number of nitrogens with one attached hydrogen (secondary N) is 1. The SMILES string of the molecule is COc1cc(O)c2c(c1C(=O)NCc1cccc(F)c1)OC1=CC(O)=C(C(C)=O)C(=O)[C@]12C. The van der Waals surface area contributed by atoms with Gasteiger partial charge in [-0.05, 0) is 31.5 Å². The van der Waals surface area contributed by atoms with Gasteiger partial charge in [-0.2, -0.15) is 0 Å². The largest absolute Gasteiger partial charge is 0.507 e. The summed E-state index contributed by atoms with van der Waals surface area (Å²) in [6.45, 7) is 2.57. The van der Waals surface area contributed by atoms with Gasteiger partial charge in [0.05, 0.1) is 12.7 Å². The second-order valence-electron chi connectivity index (χ2n) is 7.87. The third kappa shape index (κ3) is 3.32. The molecule has 0 saturated carbocycles. The van der Waals surface area contributed by atoms with Crippen molar-refractivity contribution in [2.24, 2.45) is 0 Å². The van der Waals surface area contributed by atoms with E-state index in [0.29, 0.717) is 5.56 Å². The van der Waals surface area contributed by atoms with Crippen LogP contribution in [0, 0.1) is 5.82 Å². The molecule has 170 valence electrons. The summed E-state index contributed by atoms with van der Waals surface area (Å²) in [6.07, 6.45) is 1.12. The first-order valence-electron chi connectivity index (χ1n) is 9.95. The zero-order chi connectivity index (χ0) is 24.1. The highest BCUT2D eigenvalue weighted by molar-refractivity contribution is 6.25. The molecule has 2 aromatic carbocycles. The van der Waals surface area contributed by atoms with Crippen molar-refractivity contribution in [2.45, 2.75) is 25.8 Å². The lowest BCUT2D eigenvalue weighted by Gasteiger charge is -2.27. The third-order valence-corrected chi connectivity index (χ3v) is 5.78. The number of aliphatic hydroxyl groups excluding tert-OH is 1. The van der Waals surface area contributed by atoms with E-state index in [1.54, 1.807) is 6.07 Å². The molecule has 9 heteroatoms. The molecule has 0 bridgehead atoms. The number of benzene rings is 2. The standard InChI is InChI=1S/C24H20FNO7/c1-11(27)18-14(28)9-17-24(2,22(18)30)20-15(29)8-16(32-3)19(21(20)33-17)23(31)26-10-12-5-4-6-13(25)7-12/h4-9,28-29H,10H2,1-3H3,(H,26,31)/t24-/m1/s1. The Kier molecular flexibility index (Phi) is 5.20. The van der Waals surface area contributed by atoms with Gasteiger partial charge in [0.1, 0.15) is 45.4 Å². The van der Waals surface area contributed by atoms with Crippen LogP contribution < -0.4 is 14.8 Å². The monoisotopic (exact) mass is 453 g/mol. The number of ketones is 2. The molecule has 1 atom stereocenters. The van der Waals surface area contributed by atoms with Crippen LogP contribution in [0.3, 0.4) is 0 Å². The molecule has 3 N–H and O–H groups in total. The van der Waals surface area contributed by atoms with Gasteiger partial charge in [0.15, 0.2) is 17.3 Å². The van der Waals surface area contributed by atoms with Crippen LogP contribution in [0.4, 0.5) is 4.39 Å². The number of aliphatic hydroxyl groups is 1. The van der Waals surface area contributed by atoms with Crippen molar-refractivity contribution in [3.8, 4) is 17.2 Å². The average molecular weight is 453 g/mol. The van der Waals surface area contributed by atoms with Gasteiger partial charge in [0.2, 0.25) is 0 Å². The smallest absolute Gasteiger partial charge is 0.259 e. The Morgan fingerprint density at radius 3 is 2.61 bits per heavy atom. The molecule has 1 aliphatic carbocycles. The number of hydrogen-bond acceptors (Lipinski definition) is 7. The molecule has 4 rings (SSSR count). The lowest BCUT2D eigenvalue weighted by Crippen LogP contribution is -2.38. The summed E-state index contributed by atoms with van der Waals surface area (Å²) in [7, 11) is 1.29. The highest BCUT2D eigenvalue weighted by Crippen LogP contribution is 2.56. The van der Waals surface area contributed by atoms with Crippen LogP contribution in [0.25, 0.3) is 0 Å². The minimum atomic E-state index is -1.64. The molecule has 2 aliphatic rings. The first-order valence-corrected chi connectivity index (χ1v) is 9.95. The maximum absolute atomic E-state index is 13.5. The maximum atomic E-state index is 13.5. The second kappa shape index (κ2) is 7.77. The molecule has 0 unspecified atom stereocenters. The number of carbonyl (C=O) groups excluding carboxylic acids is 3. The maximum Gasteiger partial charge on any atom is 0.259 e. The van der Waals surface area contributed by atoms with Crippen LogP contribution in [-0.2, 0) is 21.5 Å². The summed E-state index contributed by atoms with van der Waals surface area (Å²) >= 11 is 0. The number of Topliss-reactive ketones (excluding diaryl/α,β-unsaturated/α-hetero) is 2. The highest BCUT2D eigenvalue weighted by Gasteiger charge is 2.55. The Hall–Kier alpha value is -4.14. The molecule has 0 fully saturated rings. The Balaban J connectivity index is 1.81. The normalized spacial score (nSPS) is 18.8. The number of aromatic hydroxyl groups is 1. The number of ether oxygens (including phenoxy) is 2. The number of rotatable bonds is 5. The number of methoxy groups -OCH3 is 1. The quantitative estimate of drug-likeness (QED) is 0.595. The zero-order valence-corrected chi connectivity index (χ0v) is 18.0. The van der Waals surface area contributed by atoms with Gasteiger partial charge in [-0.3, -0.25) is 14.4 Å². The average Bonchev–Trinajstić information content (AvgIpc) is 3.05. The fraction of sp³-hybridized carbons (Fsp3) is 0.208. The van der Waals surface area contributed by atoms with Crippen molar-refractivity contribution in [3.05, 3.63) is 76.0 Å². The highest BCUT2D eigenvalue weighted by atomic mass is 19.1. The number of halogens is 1. The summed E-state index contributed by atoms with van der Waals surface area (Å²) in [5, 5.41) is 23.6. The Labute approximate surface area is 187 Å². The summed E-state index contributed by atoms with van der Waals surface area (Å²) in [4.78, 5) is 38.3. The molecular weight excluding hydrogens is 433 g/mol. The van der Waals surface area contributed by atoms with E-state index in [1.165, 1.54) is 38.3 Å². The predicted octanol–water partition coefficient (Wildman–Crippen LogP) is 2.99. The van der Waals surface area contributed by atoms with Crippen LogP contribution >= 0.6 is 0 Å². The van der Waals surface area contributed by atoms with E-state index in [2.05, 4.69) is 5.32 Å². The minimum absolute atomic E-state index is 0.00881. The Bertz CT molecular complexity index is 1290. The van der Waals surface area contributed by atoms with Gasteiger partial charge in [0, 0.05) is 18.7 Å². The van der Waals surface area contributed by atoms with Crippen molar-refractivity contribution >= 4 is 17.5 Å². The van der Waals surface area contributed by atoms with Gasteiger partial charge >= 0.3 is 0 Å². The zero-order valence-electron chi connectivity index (χ0n) is 18.0. The summed E-state index contributed by atoms with van der Waals surface area (Å²) in [5.74, 6) is -3.68. The fourth-order valence-electron chi connectivity index (χ4n) is 4.14. The van der Waals surface area contributed by atoms with Crippen molar-refractivity contribution in [1.29, 1.82) is 0 Å². The van der Waals surface area contributed by atoms with Crippen LogP contribution in [0.5, 0.6) is 17.2 Å². The molecule has 0 saturated heterocycles. The summed E-state index contributed by atoms with van der Waals surface area (Å²) in [6, 6.07) is 6.86. The molecule has 0 spiro atoms. The molecule has 1 aliphatic heterocycles. The summed E-state index contributed by atoms with van der Waals surface area (Å²) < 4.78 is 24.5. The van der Waals surface area contributed by atoms with Gasteiger partial charge in [-0.1, -0.05) is 12.1 Å². The lowest BCUT2D eigenvalue weighted by atomic mass is 9.71. The van der Waals surface area contributed by atoms with Crippen molar-refractivity contribution in [1.82, 2.24) is 5.32 Å². The van der Waals surface area contributed by atoms with Gasteiger partial charge in [0.25, 0.3) is 5.91 Å². The van der Waals surface area contributed by atoms with E-state index in [-0.39, 0.29) is 40.7 Å². The van der Waals surface area contributed by atoms with Crippen LogP contribution in [0.2, 0.25) is 0 Å². The van der Waals surface area contributed by atoms with Gasteiger partial charge in [-0.25, -0.2) is 4.39 Å². The lowest BCUT2D eigenvalue weighted by molar-refractivity contribution is -0.123. The van der Waals surface area contributed by atoms with E-state index < -0.39 is 40.0 Å². The molecule has 0 radical (unpaired) electrons. The van der Waals surface area contributed by atoms with Gasteiger partial charge in [-0.15, -0.1) is 0 Å². The molecule has 2 aromatic rings. The van der Waals surface area contributed by atoms with Crippen molar-refractivity contribution in [3.63, 3.8) is 0 Å². The number of allylic oxidation sites excluding steroid dienone is 3.